The largest absolute Gasteiger partial charge is 0.325 e. The van der Waals surface area contributed by atoms with Gasteiger partial charge in [0.25, 0.3) is 5.56 Å². The minimum atomic E-state index is -0.405. The van der Waals surface area contributed by atoms with E-state index in [0.717, 1.165) is 23.0 Å². The maximum Gasteiger partial charge on any atom is 0.273 e. The van der Waals surface area contributed by atoms with Crippen molar-refractivity contribution in [1.29, 1.82) is 0 Å². The van der Waals surface area contributed by atoms with Crippen LogP contribution in [0.5, 0.6) is 0 Å². The van der Waals surface area contributed by atoms with E-state index in [1.807, 2.05) is 31.2 Å². The number of H-pyrrole nitrogens is 1. The lowest BCUT2D eigenvalue weighted by Gasteiger charge is -2.12. The van der Waals surface area contributed by atoms with Crippen molar-refractivity contribution in [3.63, 3.8) is 0 Å². The van der Waals surface area contributed by atoms with E-state index in [9.17, 15) is 9.59 Å². The molecule has 2 N–H and O–H groups in total. The van der Waals surface area contributed by atoms with Gasteiger partial charge in [-0.05, 0) is 32.4 Å². The van der Waals surface area contributed by atoms with Crippen molar-refractivity contribution >= 4 is 23.4 Å². The normalized spacial score (nSPS) is 12.0. The molecule has 0 aliphatic carbocycles. The second-order valence-corrected chi connectivity index (χ2v) is 5.94. The molecule has 0 bridgehead atoms. The van der Waals surface area contributed by atoms with Gasteiger partial charge in [-0.15, -0.1) is 10.2 Å². The van der Waals surface area contributed by atoms with Crippen molar-refractivity contribution in [3.05, 3.63) is 45.9 Å². The molecule has 0 saturated carbocycles. The van der Waals surface area contributed by atoms with Crippen molar-refractivity contribution in [2.24, 2.45) is 0 Å². The Hall–Kier alpha value is -2.15. The third-order valence-electron chi connectivity index (χ3n) is 2.90. The van der Waals surface area contributed by atoms with Gasteiger partial charge in [-0.1, -0.05) is 30.0 Å². The van der Waals surface area contributed by atoms with E-state index in [4.69, 9.17) is 0 Å². The number of aromatic nitrogens is 3. The molecular formula is C14H16N4O2S. The number of nitrogens with zero attached hydrogens (tertiary/aromatic N) is 2. The van der Waals surface area contributed by atoms with E-state index < -0.39 is 5.25 Å². The highest BCUT2D eigenvalue weighted by Crippen LogP contribution is 2.20. The summed E-state index contributed by atoms with van der Waals surface area (Å²) in [5, 5.41) is 10.4. The summed E-state index contributed by atoms with van der Waals surface area (Å²) in [6.45, 7) is 5.25. The number of amides is 1. The number of nitrogens with one attached hydrogen (secondary N) is 2. The Morgan fingerprint density at radius 1 is 1.29 bits per heavy atom. The van der Waals surface area contributed by atoms with Crippen LogP contribution in [-0.4, -0.2) is 26.3 Å². The van der Waals surface area contributed by atoms with E-state index in [0.29, 0.717) is 10.9 Å². The summed E-state index contributed by atoms with van der Waals surface area (Å²) in [7, 11) is 0. The maximum atomic E-state index is 12.1. The molecule has 1 atom stereocenters. The second kappa shape index (κ2) is 6.53. The van der Waals surface area contributed by atoms with Crippen LogP contribution in [0.25, 0.3) is 0 Å². The van der Waals surface area contributed by atoms with Crippen LogP contribution in [0.4, 0.5) is 5.69 Å². The van der Waals surface area contributed by atoms with Gasteiger partial charge in [-0.25, -0.2) is 0 Å². The molecule has 6 nitrogen and oxygen atoms in total. The number of thioether (sulfide) groups is 1. The second-order valence-electron chi connectivity index (χ2n) is 4.61. The number of rotatable bonds is 4. The number of hydrogen-bond acceptors (Lipinski definition) is 5. The lowest BCUT2D eigenvalue weighted by atomic mass is 10.2. The Kier molecular flexibility index (Phi) is 4.74. The fraction of sp³-hybridized carbons (Fsp3) is 0.286. The predicted molar refractivity (Wildman–Crippen MR) is 82.5 cm³/mol. The van der Waals surface area contributed by atoms with Crippen molar-refractivity contribution in [3.8, 4) is 0 Å². The number of aromatic amines is 1. The monoisotopic (exact) mass is 304 g/mol. The summed E-state index contributed by atoms with van der Waals surface area (Å²) >= 11 is 1.16. The molecule has 0 aliphatic rings. The Morgan fingerprint density at radius 2 is 2.00 bits per heavy atom. The van der Waals surface area contributed by atoms with E-state index in [2.05, 4.69) is 20.5 Å². The van der Waals surface area contributed by atoms with E-state index in [1.165, 1.54) is 0 Å². The number of hydrogen-bond donors (Lipinski definition) is 2. The van der Waals surface area contributed by atoms with E-state index in [1.54, 1.807) is 13.8 Å². The maximum absolute atomic E-state index is 12.1. The van der Waals surface area contributed by atoms with Gasteiger partial charge in [0.05, 0.1) is 5.25 Å². The van der Waals surface area contributed by atoms with Gasteiger partial charge >= 0.3 is 0 Å². The third kappa shape index (κ3) is 3.91. The molecule has 0 fully saturated rings. The highest BCUT2D eigenvalue weighted by Gasteiger charge is 2.17. The van der Waals surface area contributed by atoms with Crippen molar-refractivity contribution in [2.45, 2.75) is 31.2 Å². The minimum Gasteiger partial charge on any atom is -0.325 e. The molecule has 0 spiro atoms. The summed E-state index contributed by atoms with van der Waals surface area (Å²) in [5.41, 5.74) is 1.78. The van der Waals surface area contributed by atoms with Crippen LogP contribution in [-0.2, 0) is 4.79 Å². The zero-order valence-electron chi connectivity index (χ0n) is 12.0. The van der Waals surface area contributed by atoms with Crippen LogP contribution in [0.1, 0.15) is 18.2 Å². The van der Waals surface area contributed by atoms with E-state index in [-0.39, 0.29) is 11.5 Å². The first-order valence-corrected chi connectivity index (χ1v) is 7.32. The molecule has 2 rings (SSSR count). The van der Waals surface area contributed by atoms with Gasteiger partial charge in [0.1, 0.15) is 5.69 Å². The Balaban J connectivity index is 2.04. The molecule has 0 saturated heterocycles. The number of aryl methyl sites for hydroxylation is 2. The summed E-state index contributed by atoms with van der Waals surface area (Å²) in [4.78, 5) is 26.2. The summed E-state index contributed by atoms with van der Waals surface area (Å²) in [6.07, 6.45) is 0. The Labute approximate surface area is 126 Å². The van der Waals surface area contributed by atoms with Gasteiger partial charge in [0, 0.05) is 5.69 Å². The first kappa shape index (κ1) is 15.2. The molecule has 0 radical (unpaired) electrons. The molecule has 1 amide bonds. The fourth-order valence-corrected chi connectivity index (χ4v) is 2.34. The number of carbonyl (C=O) groups is 1. The Bertz CT molecular complexity index is 714. The quantitative estimate of drug-likeness (QED) is 0.842. The van der Waals surface area contributed by atoms with Crippen molar-refractivity contribution in [2.75, 3.05) is 5.32 Å². The molecule has 0 aliphatic heterocycles. The molecule has 0 unspecified atom stereocenters. The minimum absolute atomic E-state index is 0.155. The number of carbonyl (C=O) groups excluding carboxylic acids is 1. The lowest BCUT2D eigenvalue weighted by molar-refractivity contribution is -0.115. The van der Waals surface area contributed by atoms with Gasteiger partial charge in [0.2, 0.25) is 5.91 Å². The first-order chi connectivity index (χ1) is 9.97. The molecule has 2 aromatic rings. The zero-order valence-corrected chi connectivity index (χ0v) is 12.8. The number of anilines is 1. The SMILES string of the molecule is Cc1ccccc1NC(=O)[C@@H](C)Sc1nnc(C)c(=O)[nH]1. The molecule has 1 aromatic heterocycles. The van der Waals surface area contributed by atoms with Crippen LogP contribution < -0.4 is 10.9 Å². The summed E-state index contributed by atoms with van der Waals surface area (Å²) < 4.78 is 0. The van der Waals surface area contributed by atoms with Crippen molar-refractivity contribution in [1.82, 2.24) is 15.2 Å². The average molecular weight is 304 g/mol. The van der Waals surface area contributed by atoms with Gasteiger partial charge in [-0.2, -0.15) is 0 Å². The highest BCUT2D eigenvalue weighted by atomic mass is 32.2. The zero-order chi connectivity index (χ0) is 15.4. The highest BCUT2D eigenvalue weighted by molar-refractivity contribution is 8.00. The molecule has 7 heteroatoms. The van der Waals surface area contributed by atoms with Crippen molar-refractivity contribution < 1.29 is 4.79 Å². The molecule has 1 heterocycles. The van der Waals surface area contributed by atoms with E-state index >= 15 is 0 Å². The smallest absolute Gasteiger partial charge is 0.273 e. The van der Waals surface area contributed by atoms with Crippen LogP contribution >= 0.6 is 11.8 Å². The molecule has 1 aromatic carbocycles. The fourth-order valence-electron chi connectivity index (χ4n) is 1.60. The standard InChI is InChI=1S/C14H16N4O2S/c1-8-6-4-5-7-11(8)15-13(20)10(3)21-14-16-12(19)9(2)17-18-14/h4-7,10H,1-3H3,(H,15,20)(H,16,18,19)/t10-/m1/s1. The molecule has 21 heavy (non-hydrogen) atoms. The first-order valence-electron chi connectivity index (χ1n) is 6.44. The summed E-state index contributed by atoms with van der Waals surface area (Å²) in [6, 6.07) is 7.55. The van der Waals surface area contributed by atoms with Crippen LogP contribution in [0, 0.1) is 13.8 Å². The average Bonchev–Trinajstić information content (AvgIpc) is 2.45. The van der Waals surface area contributed by atoms with Crippen LogP contribution in [0.3, 0.4) is 0 Å². The van der Waals surface area contributed by atoms with Crippen LogP contribution in [0.15, 0.2) is 34.2 Å². The topological polar surface area (TPSA) is 87.7 Å². The van der Waals surface area contributed by atoms with Gasteiger partial charge < -0.3 is 5.32 Å². The number of benzene rings is 1. The predicted octanol–water partition coefficient (Wildman–Crippen LogP) is 1.90. The summed E-state index contributed by atoms with van der Waals surface area (Å²) in [5.74, 6) is -0.155. The molecular weight excluding hydrogens is 288 g/mol. The van der Waals surface area contributed by atoms with Gasteiger partial charge in [0.15, 0.2) is 5.16 Å². The lowest BCUT2D eigenvalue weighted by Crippen LogP contribution is -2.24. The molecule has 110 valence electrons. The van der Waals surface area contributed by atoms with Gasteiger partial charge in [-0.3, -0.25) is 14.6 Å². The Morgan fingerprint density at radius 3 is 2.67 bits per heavy atom. The third-order valence-corrected chi connectivity index (χ3v) is 3.88. The van der Waals surface area contributed by atoms with Crippen LogP contribution in [0.2, 0.25) is 0 Å². The number of para-hydroxylation sites is 1.